The molecule has 2 saturated heterocycles. The molecule has 5 atom stereocenters. The number of terminal acetylenes is 1. The molecule has 0 radical (unpaired) electrons. The van der Waals surface area contributed by atoms with Gasteiger partial charge in [0, 0.05) is 6.42 Å². The van der Waals surface area contributed by atoms with Gasteiger partial charge in [-0.05, 0) is 20.8 Å². The lowest BCUT2D eigenvalue weighted by Gasteiger charge is -2.37. The van der Waals surface area contributed by atoms with E-state index in [1.165, 1.54) is 19.6 Å². The van der Waals surface area contributed by atoms with E-state index in [-0.39, 0.29) is 24.9 Å². The first-order valence-electron chi connectivity index (χ1n) is 9.66. The number of imidazole rings is 1. The molecule has 1 unspecified atom stereocenters. The summed E-state index contributed by atoms with van der Waals surface area (Å²) in [6, 6.07) is -0.915. The molecule has 4 heterocycles. The number of carbonyl (C=O) groups excluding carboxylic acids is 1. The number of anilines is 1. The SMILES string of the molecule is C#C[C@@]12COP(=O)(N[C@@H](C)C(=O)OC(C)C)O[C@H]1C[C@H](n1cnc3c(N)ncnc31)O2. The van der Waals surface area contributed by atoms with E-state index in [1.807, 2.05) is 0 Å². The molecular weight excluding hydrogens is 427 g/mol. The number of nitrogens with zero attached hydrogens (tertiary/aromatic N) is 4. The maximum Gasteiger partial charge on any atom is 0.406 e. The molecule has 2 aromatic heterocycles. The van der Waals surface area contributed by atoms with Gasteiger partial charge in [0.15, 0.2) is 17.1 Å². The number of nitrogens with one attached hydrogen (secondary N) is 1. The van der Waals surface area contributed by atoms with E-state index in [2.05, 4.69) is 26.0 Å². The van der Waals surface area contributed by atoms with Gasteiger partial charge in [-0.25, -0.2) is 24.6 Å². The Morgan fingerprint density at radius 1 is 1.45 bits per heavy atom. The van der Waals surface area contributed by atoms with Crippen LogP contribution in [-0.4, -0.2) is 55.9 Å². The van der Waals surface area contributed by atoms with Crippen molar-refractivity contribution < 1.29 is 27.9 Å². The molecule has 12 nitrogen and oxygen atoms in total. The average molecular weight is 450 g/mol. The van der Waals surface area contributed by atoms with Crippen molar-refractivity contribution >= 4 is 30.7 Å². The fraction of sp³-hybridized carbons (Fsp3) is 0.556. The van der Waals surface area contributed by atoms with Crippen LogP contribution < -0.4 is 10.8 Å². The van der Waals surface area contributed by atoms with E-state index in [4.69, 9.17) is 30.7 Å². The lowest BCUT2D eigenvalue weighted by Crippen LogP contribution is -2.49. The quantitative estimate of drug-likeness (QED) is 0.383. The van der Waals surface area contributed by atoms with Gasteiger partial charge in [0.1, 0.15) is 36.8 Å². The zero-order chi connectivity index (χ0) is 22.4. The maximum absolute atomic E-state index is 13.1. The molecule has 0 bridgehead atoms. The van der Waals surface area contributed by atoms with E-state index in [0.29, 0.717) is 11.2 Å². The fourth-order valence-corrected chi connectivity index (χ4v) is 5.22. The van der Waals surface area contributed by atoms with Gasteiger partial charge >= 0.3 is 13.7 Å². The molecule has 3 N–H and O–H groups in total. The first-order chi connectivity index (χ1) is 14.7. The molecule has 2 aliphatic heterocycles. The van der Waals surface area contributed by atoms with Crippen molar-refractivity contribution in [3.8, 4) is 12.3 Å². The number of rotatable bonds is 5. The number of ether oxygens (including phenoxy) is 2. The monoisotopic (exact) mass is 450 g/mol. The van der Waals surface area contributed by atoms with Crippen molar-refractivity contribution in [2.24, 2.45) is 0 Å². The highest BCUT2D eigenvalue weighted by atomic mass is 31.2. The van der Waals surface area contributed by atoms with Gasteiger partial charge in [0.2, 0.25) is 0 Å². The highest BCUT2D eigenvalue weighted by Gasteiger charge is 2.57. The lowest BCUT2D eigenvalue weighted by atomic mass is 9.99. The molecule has 2 fully saturated rings. The standard InChI is InChI=1S/C18H23N6O6P/c1-5-18-7-27-31(26,23-11(4)17(25)28-10(2)3)30-12(18)6-13(29-18)24-9-22-14-15(19)20-8-21-16(14)24/h1,8-13H,6-7H2,2-4H3,(H,23,26)(H2,19,20,21)/t11-,12-,13+,18+,31?/m0/s1. The summed E-state index contributed by atoms with van der Waals surface area (Å²) in [6.45, 7) is 4.76. The van der Waals surface area contributed by atoms with Crippen LogP contribution in [0.1, 0.15) is 33.4 Å². The summed E-state index contributed by atoms with van der Waals surface area (Å²) in [5.41, 5.74) is 5.48. The predicted molar refractivity (Wildman–Crippen MR) is 108 cm³/mol. The molecule has 31 heavy (non-hydrogen) atoms. The molecule has 4 rings (SSSR count). The number of hydrogen-bond acceptors (Lipinski definition) is 10. The zero-order valence-corrected chi connectivity index (χ0v) is 18.1. The molecule has 2 aliphatic rings. The summed E-state index contributed by atoms with van der Waals surface area (Å²) in [6.07, 6.45) is 7.14. The van der Waals surface area contributed by atoms with Crippen molar-refractivity contribution in [1.29, 1.82) is 0 Å². The summed E-state index contributed by atoms with van der Waals surface area (Å²) in [5.74, 6) is 2.23. The molecule has 166 valence electrons. The Morgan fingerprint density at radius 2 is 2.23 bits per heavy atom. The van der Waals surface area contributed by atoms with Crippen molar-refractivity contribution in [2.45, 2.75) is 57.3 Å². The maximum atomic E-state index is 13.1. The molecular formula is C18H23N6O6P. The van der Waals surface area contributed by atoms with Crippen molar-refractivity contribution in [3.63, 3.8) is 0 Å². The van der Waals surface area contributed by atoms with E-state index < -0.39 is 37.7 Å². The molecule has 0 aromatic carbocycles. The minimum absolute atomic E-state index is 0.190. The number of hydrogen-bond donors (Lipinski definition) is 2. The smallest absolute Gasteiger partial charge is 0.406 e. The van der Waals surface area contributed by atoms with Crippen molar-refractivity contribution in [3.05, 3.63) is 12.7 Å². The molecule has 0 saturated carbocycles. The number of aromatic nitrogens is 4. The van der Waals surface area contributed by atoms with Crippen molar-refractivity contribution in [2.75, 3.05) is 12.3 Å². The Balaban J connectivity index is 1.54. The van der Waals surface area contributed by atoms with Crippen LogP contribution in [0, 0.1) is 12.3 Å². The third-order valence-corrected chi connectivity index (χ3v) is 6.70. The number of esters is 1. The second-order valence-electron chi connectivity index (χ2n) is 7.63. The van der Waals surface area contributed by atoms with Crippen LogP contribution in [0.4, 0.5) is 5.82 Å². The number of nitrogen functional groups attached to an aromatic ring is 1. The third-order valence-electron chi connectivity index (χ3n) is 5.00. The van der Waals surface area contributed by atoms with E-state index in [1.54, 1.807) is 18.4 Å². The number of fused-ring (bicyclic) bond motifs is 2. The van der Waals surface area contributed by atoms with Crippen LogP contribution in [0.15, 0.2) is 12.7 Å². The zero-order valence-electron chi connectivity index (χ0n) is 17.2. The Kier molecular flexibility index (Phi) is 5.49. The minimum atomic E-state index is -3.85. The first kappa shape index (κ1) is 21.7. The van der Waals surface area contributed by atoms with Crippen molar-refractivity contribution in [1.82, 2.24) is 24.6 Å². The summed E-state index contributed by atoms with van der Waals surface area (Å²) in [4.78, 5) is 24.4. The highest BCUT2D eigenvalue weighted by molar-refractivity contribution is 7.51. The van der Waals surface area contributed by atoms with Crippen LogP contribution >= 0.6 is 7.75 Å². The molecule has 2 aromatic rings. The minimum Gasteiger partial charge on any atom is -0.462 e. The number of nitrogens with two attached hydrogens (primary N) is 1. The van der Waals surface area contributed by atoms with Gasteiger partial charge in [0.05, 0.1) is 12.4 Å². The molecule has 0 spiro atoms. The van der Waals surface area contributed by atoms with E-state index in [9.17, 15) is 9.36 Å². The Bertz CT molecular complexity index is 1100. The van der Waals surface area contributed by atoms with Crippen LogP contribution in [0.3, 0.4) is 0 Å². The predicted octanol–water partition coefficient (Wildman–Crippen LogP) is 1.15. The van der Waals surface area contributed by atoms with Crippen LogP contribution in [0.5, 0.6) is 0 Å². The summed E-state index contributed by atoms with van der Waals surface area (Å²) in [7, 11) is -3.85. The molecule has 0 amide bonds. The van der Waals surface area contributed by atoms with Gasteiger partial charge in [-0.3, -0.25) is 18.4 Å². The van der Waals surface area contributed by atoms with Crippen LogP contribution in [0.2, 0.25) is 0 Å². The van der Waals surface area contributed by atoms with Gasteiger partial charge in [-0.1, -0.05) is 5.92 Å². The third kappa shape index (κ3) is 3.91. The lowest BCUT2D eigenvalue weighted by molar-refractivity contribution is -0.149. The normalized spacial score (nSPS) is 31.3. The Labute approximate surface area is 178 Å². The second kappa shape index (κ2) is 7.85. The van der Waals surface area contributed by atoms with Gasteiger partial charge in [0.25, 0.3) is 0 Å². The van der Waals surface area contributed by atoms with Gasteiger partial charge in [-0.15, -0.1) is 6.42 Å². The van der Waals surface area contributed by atoms with Gasteiger partial charge in [-0.2, -0.15) is 0 Å². The Hall–Kier alpha value is -2.55. The molecule has 0 aliphatic carbocycles. The van der Waals surface area contributed by atoms with E-state index in [0.717, 1.165) is 0 Å². The second-order valence-corrected chi connectivity index (χ2v) is 9.35. The topological polar surface area (TPSA) is 153 Å². The molecule has 13 heteroatoms. The van der Waals surface area contributed by atoms with E-state index >= 15 is 0 Å². The summed E-state index contributed by atoms with van der Waals surface area (Å²) >= 11 is 0. The first-order valence-corrected chi connectivity index (χ1v) is 11.2. The highest BCUT2D eigenvalue weighted by Crippen LogP contribution is 2.56. The summed E-state index contributed by atoms with van der Waals surface area (Å²) < 4.78 is 37.2. The Morgan fingerprint density at radius 3 is 2.94 bits per heavy atom. The van der Waals surface area contributed by atoms with Crippen LogP contribution in [0.25, 0.3) is 11.2 Å². The average Bonchev–Trinajstić information content (AvgIpc) is 3.29. The van der Waals surface area contributed by atoms with Crippen LogP contribution in [-0.2, 0) is 27.9 Å². The van der Waals surface area contributed by atoms with Gasteiger partial charge < -0.3 is 15.2 Å². The number of carbonyl (C=O) groups is 1. The fourth-order valence-electron chi connectivity index (χ4n) is 3.49. The largest absolute Gasteiger partial charge is 0.462 e. The summed E-state index contributed by atoms with van der Waals surface area (Å²) in [5, 5.41) is 2.60.